The van der Waals surface area contributed by atoms with Crippen LogP contribution in [0.4, 0.5) is 5.69 Å². The van der Waals surface area contributed by atoms with E-state index in [-0.39, 0.29) is 5.91 Å². The minimum atomic E-state index is 0.141. The molecule has 0 radical (unpaired) electrons. The van der Waals surface area contributed by atoms with E-state index < -0.39 is 0 Å². The van der Waals surface area contributed by atoms with Crippen LogP contribution in [0.1, 0.15) is 29.5 Å². The number of benzene rings is 1. The summed E-state index contributed by atoms with van der Waals surface area (Å²) in [7, 11) is 0. The van der Waals surface area contributed by atoms with Crippen LogP contribution in [0.25, 0.3) is 0 Å². The lowest BCUT2D eigenvalue weighted by molar-refractivity contribution is -0.115. The van der Waals surface area contributed by atoms with E-state index in [0.29, 0.717) is 6.42 Å². The van der Waals surface area contributed by atoms with Crippen molar-refractivity contribution in [2.45, 2.75) is 32.6 Å². The van der Waals surface area contributed by atoms with Crippen LogP contribution >= 0.6 is 0 Å². The van der Waals surface area contributed by atoms with Gasteiger partial charge in [-0.15, -0.1) is 0 Å². The van der Waals surface area contributed by atoms with Gasteiger partial charge in [-0.3, -0.25) is 4.79 Å². The lowest BCUT2D eigenvalue weighted by atomic mass is 9.89. The van der Waals surface area contributed by atoms with Crippen molar-refractivity contribution < 1.29 is 4.79 Å². The van der Waals surface area contributed by atoms with Gasteiger partial charge in [0.25, 0.3) is 0 Å². The van der Waals surface area contributed by atoms with Crippen molar-refractivity contribution in [3.63, 3.8) is 0 Å². The fraction of sp³-hybridized carbons (Fsp3) is 0.533. The Labute approximate surface area is 108 Å². The fourth-order valence-corrected chi connectivity index (χ4v) is 3.16. The van der Waals surface area contributed by atoms with Crippen molar-refractivity contribution in [1.29, 1.82) is 0 Å². The first kappa shape index (κ1) is 11.7. The number of fused-ring (bicyclic) bond motifs is 1. The number of amides is 1. The van der Waals surface area contributed by atoms with Crippen LogP contribution < -0.4 is 10.6 Å². The Morgan fingerprint density at radius 3 is 2.83 bits per heavy atom. The topological polar surface area (TPSA) is 41.1 Å². The Morgan fingerprint density at radius 1 is 1.28 bits per heavy atom. The molecule has 3 rings (SSSR count). The van der Waals surface area contributed by atoms with Gasteiger partial charge in [0.1, 0.15) is 0 Å². The van der Waals surface area contributed by atoms with Gasteiger partial charge < -0.3 is 10.6 Å². The number of carbonyl (C=O) groups excluding carboxylic acids is 1. The highest BCUT2D eigenvalue weighted by molar-refractivity contribution is 6.00. The van der Waals surface area contributed by atoms with Crippen molar-refractivity contribution in [1.82, 2.24) is 5.32 Å². The lowest BCUT2D eigenvalue weighted by Crippen LogP contribution is -2.28. The highest BCUT2D eigenvalue weighted by Gasteiger charge is 2.23. The Hall–Kier alpha value is -1.35. The summed E-state index contributed by atoms with van der Waals surface area (Å²) >= 11 is 0. The van der Waals surface area contributed by atoms with E-state index in [1.165, 1.54) is 29.5 Å². The second-order valence-corrected chi connectivity index (χ2v) is 5.58. The summed E-state index contributed by atoms with van der Waals surface area (Å²) < 4.78 is 0. The highest BCUT2D eigenvalue weighted by atomic mass is 16.1. The average molecular weight is 244 g/mol. The van der Waals surface area contributed by atoms with Crippen LogP contribution in [0.2, 0.25) is 0 Å². The Kier molecular flexibility index (Phi) is 3.08. The SMILES string of the molecule is Cc1cc2c(c(CC3CCNCC3)c1)NC(=O)C2. The average Bonchev–Trinajstić information content (AvgIpc) is 2.71. The number of rotatable bonds is 2. The Balaban J connectivity index is 1.85. The number of aryl methyl sites for hydroxylation is 1. The smallest absolute Gasteiger partial charge is 0.228 e. The maximum Gasteiger partial charge on any atom is 0.228 e. The van der Waals surface area contributed by atoms with Crippen LogP contribution in [0.15, 0.2) is 12.1 Å². The maximum absolute atomic E-state index is 11.5. The fourth-order valence-electron chi connectivity index (χ4n) is 3.16. The molecule has 2 heterocycles. The number of carbonyl (C=O) groups is 1. The predicted octanol–water partition coefficient (Wildman–Crippen LogP) is 2.03. The molecule has 0 spiro atoms. The van der Waals surface area contributed by atoms with E-state index in [2.05, 4.69) is 29.7 Å². The molecule has 0 aliphatic carbocycles. The molecule has 0 unspecified atom stereocenters. The molecule has 0 bridgehead atoms. The summed E-state index contributed by atoms with van der Waals surface area (Å²) in [6, 6.07) is 4.38. The summed E-state index contributed by atoms with van der Waals surface area (Å²) in [6.45, 7) is 4.38. The second-order valence-electron chi connectivity index (χ2n) is 5.58. The molecule has 2 aliphatic rings. The van der Waals surface area contributed by atoms with Gasteiger partial charge in [0, 0.05) is 5.69 Å². The van der Waals surface area contributed by atoms with Gasteiger partial charge in [-0.2, -0.15) is 0 Å². The second kappa shape index (κ2) is 4.73. The molecule has 1 amide bonds. The largest absolute Gasteiger partial charge is 0.325 e. The van der Waals surface area contributed by atoms with E-state index in [9.17, 15) is 4.79 Å². The maximum atomic E-state index is 11.5. The van der Waals surface area contributed by atoms with E-state index in [0.717, 1.165) is 31.1 Å². The van der Waals surface area contributed by atoms with Crippen LogP contribution in [0.5, 0.6) is 0 Å². The summed E-state index contributed by atoms with van der Waals surface area (Å²) in [5, 5.41) is 6.43. The molecule has 1 aromatic carbocycles. The van der Waals surface area contributed by atoms with Crippen molar-refractivity contribution in [2.75, 3.05) is 18.4 Å². The van der Waals surface area contributed by atoms with Gasteiger partial charge in [0.15, 0.2) is 0 Å². The van der Waals surface area contributed by atoms with Crippen LogP contribution in [-0.2, 0) is 17.6 Å². The van der Waals surface area contributed by atoms with Gasteiger partial charge in [0.2, 0.25) is 5.91 Å². The summed E-state index contributed by atoms with van der Waals surface area (Å²) in [4.78, 5) is 11.5. The van der Waals surface area contributed by atoms with Gasteiger partial charge in [0.05, 0.1) is 6.42 Å². The first-order valence-corrected chi connectivity index (χ1v) is 6.85. The predicted molar refractivity (Wildman–Crippen MR) is 72.8 cm³/mol. The third-order valence-electron chi connectivity index (χ3n) is 4.03. The molecular formula is C15H20N2O. The summed E-state index contributed by atoms with van der Waals surface area (Å²) in [6.07, 6.45) is 4.15. The first-order chi connectivity index (χ1) is 8.72. The number of anilines is 1. The lowest BCUT2D eigenvalue weighted by Gasteiger charge is -2.23. The van der Waals surface area contributed by atoms with Crippen LogP contribution in [0.3, 0.4) is 0 Å². The Bertz CT molecular complexity index is 476. The van der Waals surface area contributed by atoms with Crippen LogP contribution in [0, 0.1) is 12.8 Å². The number of hydrogen-bond donors (Lipinski definition) is 2. The number of hydrogen-bond acceptors (Lipinski definition) is 2. The molecule has 1 aromatic rings. The van der Waals surface area contributed by atoms with E-state index in [1.54, 1.807) is 0 Å². The zero-order valence-electron chi connectivity index (χ0n) is 10.9. The molecular weight excluding hydrogens is 224 g/mol. The molecule has 3 heteroatoms. The number of piperidine rings is 1. The van der Waals surface area contributed by atoms with Crippen molar-refractivity contribution in [3.8, 4) is 0 Å². The molecule has 1 saturated heterocycles. The molecule has 96 valence electrons. The van der Waals surface area contributed by atoms with Gasteiger partial charge in [-0.05, 0) is 56.3 Å². The van der Waals surface area contributed by atoms with Gasteiger partial charge >= 0.3 is 0 Å². The first-order valence-electron chi connectivity index (χ1n) is 6.85. The minimum Gasteiger partial charge on any atom is -0.325 e. The molecule has 0 aromatic heterocycles. The van der Waals surface area contributed by atoms with Crippen molar-refractivity contribution >= 4 is 11.6 Å². The summed E-state index contributed by atoms with van der Waals surface area (Å²) in [5.41, 5.74) is 4.89. The van der Waals surface area contributed by atoms with Crippen molar-refractivity contribution in [2.24, 2.45) is 5.92 Å². The third kappa shape index (κ3) is 2.27. The van der Waals surface area contributed by atoms with E-state index >= 15 is 0 Å². The molecule has 0 atom stereocenters. The number of nitrogens with one attached hydrogen (secondary N) is 2. The molecule has 2 N–H and O–H groups in total. The van der Waals surface area contributed by atoms with Crippen LogP contribution in [-0.4, -0.2) is 19.0 Å². The molecule has 3 nitrogen and oxygen atoms in total. The van der Waals surface area contributed by atoms with Crippen molar-refractivity contribution in [3.05, 3.63) is 28.8 Å². The van der Waals surface area contributed by atoms with E-state index in [1.807, 2.05) is 0 Å². The molecule has 0 saturated carbocycles. The monoisotopic (exact) mass is 244 g/mol. The van der Waals surface area contributed by atoms with Gasteiger partial charge in [-0.1, -0.05) is 17.7 Å². The third-order valence-corrected chi connectivity index (χ3v) is 4.03. The zero-order chi connectivity index (χ0) is 12.5. The standard InChI is InChI=1S/C15H20N2O/c1-10-6-12(8-11-2-4-16-5-3-11)15-13(7-10)9-14(18)17-15/h6-7,11,16H,2-5,8-9H2,1H3,(H,17,18). The van der Waals surface area contributed by atoms with Gasteiger partial charge in [-0.25, -0.2) is 0 Å². The quantitative estimate of drug-likeness (QED) is 0.836. The molecule has 18 heavy (non-hydrogen) atoms. The minimum absolute atomic E-state index is 0.141. The summed E-state index contributed by atoms with van der Waals surface area (Å²) in [5.74, 6) is 0.900. The highest BCUT2D eigenvalue weighted by Crippen LogP contribution is 2.31. The van der Waals surface area contributed by atoms with E-state index in [4.69, 9.17) is 0 Å². The zero-order valence-corrected chi connectivity index (χ0v) is 10.9. The normalized spacial score (nSPS) is 19.7. The molecule has 2 aliphatic heterocycles. The molecule has 1 fully saturated rings. The Morgan fingerprint density at radius 2 is 2.06 bits per heavy atom.